The standard InChI is InChI=1S/C17H17FN4O2/c1-10-15-11(2)24-20-16(15)17(23)22(19-10)9-21-7-3-4-12-5-6-13(18)8-14(12)21/h5-6,8H,3-4,7,9H2,1-2H3. The Morgan fingerprint density at radius 3 is 3.00 bits per heavy atom. The van der Waals surface area contributed by atoms with Crippen LogP contribution in [0.1, 0.15) is 23.4 Å². The van der Waals surface area contributed by atoms with Crippen LogP contribution in [0.3, 0.4) is 0 Å². The molecule has 1 aliphatic rings. The van der Waals surface area contributed by atoms with Gasteiger partial charge in [0.25, 0.3) is 5.56 Å². The highest BCUT2D eigenvalue weighted by molar-refractivity contribution is 5.81. The largest absolute Gasteiger partial charge is 0.360 e. The first-order valence-electron chi connectivity index (χ1n) is 7.91. The van der Waals surface area contributed by atoms with Gasteiger partial charge in [0.1, 0.15) is 18.2 Å². The van der Waals surface area contributed by atoms with Crippen molar-refractivity contribution in [2.45, 2.75) is 33.4 Å². The first-order chi connectivity index (χ1) is 11.5. The van der Waals surface area contributed by atoms with Gasteiger partial charge in [0.05, 0.1) is 11.1 Å². The van der Waals surface area contributed by atoms with Crippen LogP contribution in [0.15, 0.2) is 27.5 Å². The predicted molar refractivity (Wildman–Crippen MR) is 87.6 cm³/mol. The molecule has 0 bridgehead atoms. The Hall–Kier alpha value is -2.70. The van der Waals surface area contributed by atoms with E-state index < -0.39 is 0 Å². The summed E-state index contributed by atoms with van der Waals surface area (Å²) in [5.41, 5.74) is 2.60. The molecule has 1 aromatic carbocycles. The molecule has 0 spiro atoms. The minimum atomic E-state index is -0.295. The summed E-state index contributed by atoms with van der Waals surface area (Å²) in [4.78, 5) is 14.6. The number of aromatic nitrogens is 3. The van der Waals surface area contributed by atoms with Crippen LogP contribution in [0, 0.1) is 19.7 Å². The topological polar surface area (TPSA) is 64.2 Å². The minimum absolute atomic E-state index is 0.262. The van der Waals surface area contributed by atoms with Gasteiger partial charge < -0.3 is 9.42 Å². The lowest BCUT2D eigenvalue weighted by molar-refractivity contribution is 0.404. The third kappa shape index (κ3) is 2.28. The molecule has 3 aromatic rings. The fraction of sp³-hybridized carbons (Fsp3) is 0.353. The number of halogens is 1. The Labute approximate surface area is 137 Å². The fourth-order valence-corrected chi connectivity index (χ4v) is 3.37. The van der Waals surface area contributed by atoms with Gasteiger partial charge in [-0.15, -0.1) is 0 Å². The van der Waals surface area contributed by atoms with Gasteiger partial charge >= 0.3 is 0 Å². The van der Waals surface area contributed by atoms with Crippen LogP contribution >= 0.6 is 0 Å². The van der Waals surface area contributed by atoms with E-state index in [1.54, 1.807) is 6.92 Å². The van der Waals surface area contributed by atoms with Crippen LogP contribution < -0.4 is 10.5 Å². The van der Waals surface area contributed by atoms with Gasteiger partial charge in [-0.2, -0.15) is 5.10 Å². The first kappa shape index (κ1) is 14.9. The van der Waals surface area contributed by atoms with Gasteiger partial charge in [-0.25, -0.2) is 9.07 Å². The summed E-state index contributed by atoms with van der Waals surface area (Å²) in [5, 5.41) is 8.92. The van der Waals surface area contributed by atoms with Gasteiger partial charge in [-0.3, -0.25) is 4.79 Å². The average Bonchev–Trinajstić information content (AvgIpc) is 2.95. The van der Waals surface area contributed by atoms with E-state index in [2.05, 4.69) is 10.3 Å². The third-order valence-corrected chi connectivity index (χ3v) is 4.50. The molecule has 0 fully saturated rings. The van der Waals surface area contributed by atoms with Gasteiger partial charge in [-0.1, -0.05) is 11.2 Å². The predicted octanol–water partition coefficient (Wildman–Crippen LogP) is 2.55. The van der Waals surface area contributed by atoms with E-state index >= 15 is 0 Å². The number of hydrogen-bond donors (Lipinski definition) is 0. The summed E-state index contributed by atoms with van der Waals surface area (Å²) in [5.74, 6) is 0.310. The van der Waals surface area contributed by atoms with Gasteiger partial charge in [0, 0.05) is 12.2 Å². The van der Waals surface area contributed by atoms with E-state index in [0.717, 1.165) is 30.6 Å². The maximum Gasteiger partial charge on any atom is 0.298 e. The molecule has 0 unspecified atom stereocenters. The van der Waals surface area contributed by atoms with Crippen molar-refractivity contribution in [3.05, 3.63) is 51.4 Å². The molecule has 0 saturated heterocycles. The van der Waals surface area contributed by atoms with Crippen molar-refractivity contribution in [3.63, 3.8) is 0 Å². The number of anilines is 1. The summed E-state index contributed by atoms with van der Waals surface area (Å²) in [7, 11) is 0. The van der Waals surface area contributed by atoms with Gasteiger partial charge in [-0.05, 0) is 44.4 Å². The third-order valence-electron chi connectivity index (χ3n) is 4.50. The van der Waals surface area contributed by atoms with E-state index in [-0.39, 0.29) is 23.6 Å². The lowest BCUT2D eigenvalue weighted by Gasteiger charge is -2.31. The van der Waals surface area contributed by atoms with E-state index in [4.69, 9.17) is 4.52 Å². The molecule has 1 aliphatic heterocycles. The highest BCUT2D eigenvalue weighted by Gasteiger charge is 2.20. The van der Waals surface area contributed by atoms with Crippen LogP contribution in [-0.2, 0) is 13.1 Å². The maximum atomic E-state index is 13.6. The molecule has 124 valence electrons. The Morgan fingerprint density at radius 1 is 1.33 bits per heavy atom. The molecule has 0 aliphatic carbocycles. The highest BCUT2D eigenvalue weighted by atomic mass is 19.1. The number of aryl methyl sites for hydroxylation is 3. The highest BCUT2D eigenvalue weighted by Crippen LogP contribution is 2.28. The molecular weight excluding hydrogens is 311 g/mol. The molecule has 0 N–H and O–H groups in total. The normalized spacial score (nSPS) is 14.2. The van der Waals surface area contributed by atoms with E-state index in [1.165, 1.54) is 16.8 Å². The van der Waals surface area contributed by atoms with Crippen molar-refractivity contribution in [1.82, 2.24) is 14.9 Å². The molecular formula is C17H17FN4O2. The zero-order valence-electron chi connectivity index (χ0n) is 13.5. The average molecular weight is 328 g/mol. The number of hydrogen-bond acceptors (Lipinski definition) is 5. The second kappa shape index (κ2) is 5.43. The van der Waals surface area contributed by atoms with Crippen molar-refractivity contribution in [2.24, 2.45) is 0 Å². The molecule has 0 saturated carbocycles. The van der Waals surface area contributed by atoms with Crippen molar-refractivity contribution < 1.29 is 8.91 Å². The monoisotopic (exact) mass is 328 g/mol. The molecule has 2 aromatic heterocycles. The van der Waals surface area contributed by atoms with Crippen LogP contribution in [-0.4, -0.2) is 21.5 Å². The Kier molecular flexibility index (Phi) is 3.37. The van der Waals surface area contributed by atoms with Crippen LogP contribution in [0.4, 0.5) is 10.1 Å². The lowest BCUT2D eigenvalue weighted by atomic mass is 10.0. The quantitative estimate of drug-likeness (QED) is 0.723. The summed E-state index contributed by atoms with van der Waals surface area (Å²) >= 11 is 0. The summed E-state index contributed by atoms with van der Waals surface area (Å²) in [6.45, 7) is 4.60. The Bertz CT molecular complexity index is 992. The molecule has 24 heavy (non-hydrogen) atoms. The maximum absolute atomic E-state index is 13.6. The summed E-state index contributed by atoms with van der Waals surface area (Å²) in [6.07, 6.45) is 1.87. The fourth-order valence-electron chi connectivity index (χ4n) is 3.37. The summed E-state index contributed by atoms with van der Waals surface area (Å²) < 4.78 is 20.1. The number of nitrogens with zero attached hydrogens (tertiary/aromatic N) is 4. The van der Waals surface area contributed by atoms with Crippen molar-refractivity contribution in [1.29, 1.82) is 0 Å². The van der Waals surface area contributed by atoms with Crippen LogP contribution in [0.2, 0.25) is 0 Å². The van der Waals surface area contributed by atoms with Crippen molar-refractivity contribution in [2.75, 3.05) is 11.4 Å². The molecule has 3 heterocycles. The Balaban J connectivity index is 1.78. The SMILES string of the molecule is Cc1nn(CN2CCCc3ccc(F)cc32)c(=O)c2noc(C)c12. The first-order valence-corrected chi connectivity index (χ1v) is 7.91. The molecule has 6 nitrogen and oxygen atoms in total. The zero-order valence-corrected chi connectivity index (χ0v) is 13.5. The summed E-state index contributed by atoms with van der Waals surface area (Å²) in [6, 6.07) is 4.80. The molecule has 7 heteroatoms. The van der Waals surface area contributed by atoms with Crippen LogP contribution in [0.25, 0.3) is 10.9 Å². The van der Waals surface area contributed by atoms with Crippen molar-refractivity contribution in [3.8, 4) is 0 Å². The van der Waals surface area contributed by atoms with Gasteiger partial charge in [0.15, 0.2) is 5.52 Å². The van der Waals surface area contributed by atoms with Crippen LogP contribution in [0.5, 0.6) is 0 Å². The lowest BCUT2D eigenvalue weighted by Crippen LogP contribution is -2.37. The van der Waals surface area contributed by atoms with Gasteiger partial charge in [0.2, 0.25) is 0 Å². The van der Waals surface area contributed by atoms with Crippen molar-refractivity contribution >= 4 is 16.6 Å². The second-order valence-electron chi connectivity index (χ2n) is 6.13. The minimum Gasteiger partial charge on any atom is -0.360 e. The second-order valence-corrected chi connectivity index (χ2v) is 6.13. The molecule has 0 amide bonds. The van der Waals surface area contributed by atoms with E-state index in [1.807, 2.05) is 17.9 Å². The number of fused-ring (bicyclic) bond motifs is 2. The molecule has 0 radical (unpaired) electrons. The smallest absolute Gasteiger partial charge is 0.298 e. The Morgan fingerprint density at radius 2 is 2.17 bits per heavy atom. The molecule has 4 rings (SSSR count). The number of benzene rings is 1. The zero-order chi connectivity index (χ0) is 16.8. The number of rotatable bonds is 2. The van der Waals surface area contributed by atoms with E-state index in [0.29, 0.717) is 16.8 Å². The molecule has 0 atom stereocenters. The van der Waals surface area contributed by atoms with E-state index in [9.17, 15) is 9.18 Å².